The van der Waals surface area contributed by atoms with Gasteiger partial charge in [0.05, 0.1) is 16.4 Å². The number of hydrogen-bond acceptors (Lipinski definition) is 1. The van der Waals surface area contributed by atoms with E-state index in [0.29, 0.717) is 12.0 Å². The second kappa shape index (κ2) is 5.54. The summed E-state index contributed by atoms with van der Waals surface area (Å²) in [6.45, 7) is 10.9. The van der Waals surface area contributed by atoms with Crippen LogP contribution >= 0.6 is 11.6 Å². The van der Waals surface area contributed by atoms with Crippen molar-refractivity contribution in [2.24, 2.45) is 5.92 Å². The Kier molecular flexibility index (Phi) is 4.19. The van der Waals surface area contributed by atoms with Gasteiger partial charge in [-0.2, -0.15) is 0 Å². The van der Waals surface area contributed by atoms with Gasteiger partial charge in [0.2, 0.25) is 0 Å². The molecule has 0 spiro atoms. The number of fused-ring (bicyclic) bond motifs is 1. The third-order valence-electron chi connectivity index (χ3n) is 3.56. The maximum absolute atomic E-state index is 6.33. The zero-order chi connectivity index (χ0) is 14.2. The molecule has 0 fully saturated rings. The molecule has 0 saturated heterocycles. The number of nitrogens with zero attached hydrogens (tertiary/aromatic N) is 2. The van der Waals surface area contributed by atoms with E-state index >= 15 is 0 Å². The van der Waals surface area contributed by atoms with Crippen molar-refractivity contribution in [2.75, 3.05) is 0 Å². The van der Waals surface area contributed by atoms with Gasteiger partial charge in [0, 0.05) is 6.04 Å². The van der Waals surface area contributed by atoms with E-state index in [1.807, 2.05) is 6.92 Å². The monoisotopic (exact) mass is 278 g/mol. The smallest absolute Gasteiger partial charge is 0.127 e. The molecule has 1 aromatic carbocycles. The van der Waals surface area contributed by atoms with Crippen LogP contribution in [-0.4, -0.2) is 9.55 Å². The van der Waals surface area contributed by atoms with Crippen molar-refractivity contribution >= 4 is 22.6 Å². The van der Waals surface area contributed by atoms with Gasteiger partial charge >= 0.3 is 0 Å². The largest absolute Gasteiger partial charge is 0.324 e. The minimum Gasteiger partial charge on any atom is -0.324 e. The SMILES string of the molecule is Cc1cccc2c1nc(C(C)Cl)n2C(C)CC(C)C. The summed E-state index contributed by atoms with van der Waals surface area (Å²) in [6.07, 6.45) is 1.13. The third-order valence-corrected chi connectivity index (χ3v) is 3.75. The van der Waals surface area contributed by atoms with E-state index in [-0.39, 0.29) is 5.38 Å². The zero-order valence-electron chi connectivity index (χ0n) is 12.4. The lowest BCUT2D eigenvalue weighted by atomic mass is 10.0. The summed E-state index contributed by atoms with van der Waals surface area (Å²) in [5.41, 5.74) is 3.50. The number of aryl methyl sites for hydroxylation is 1. The van der Waals surface area contributed by atoms with E-state index in [1.165, 1.54) is 11.1 Å². The quantitative estimate of drug-likeness (QED) is 0.698. The Morgan fingerprint density at radius 1 is 1.21 bits per heavy atom. The van der Waals surface area contributed by atoms with Crippen LogP contribution in [0, 0.1) is 12.8 Å². The first-order valence-corrected chi connectivity index (χ1v) is 7.47. The molecule has 19 heavy (non-hydrogen) atoms. The molecule has 0 radical (unpaired) electrons. The zero-order valence-corrected chi connectivity index (χ0v) is 13.2. The second-order valence-electron chi connectivity index (χ2n) is 5.88. The van der Waals surface area contributed by atoms with Gasteiger partial charge in [0.1, 0.15) is 5.82 Å². The molecule has 0 aliphatic rings. The highest BCUT2D eigenvalue weighted by Gasteiger charge is 2.20. The first kappa shape index (κ1) is 14.4. The lowest BCUT2D eigenvalue weighted by molar-refractivity contribution is 0.425. The number of aromatic nitrogens is 2. The molecule has 1 aromatic heterocycles. The van der Waals surface area contributed by atoms with Crippen molar-refractivity contribution < 1.29 is 0 Å². The molecule has 0 aliphatic carbocycles. The number of halogens is 1. The van der Waals surface area contributed by atoms with Crippen LogP contribution in [0.4, 0.5) is 0 Å². The van der Waals surface area contributed by atoms with Crippen molar-refractivity contribution in [1.82, 2.24) is 9.55 Å². The third kappa shape index (κ3) is 2.79. The van der Waals surface area contributed by atoms with Crippen molar-refractivity contribution in [3.05, 3.63) is 29.6 Å². The number of para-hydroxylation sites is 1. The molecule has 2 atom stereocenters. The minimum absolute atomic E-state index is 0.0681. The Hall–Kier alpha value is -1.02. The molecular weight excluding hydrogens is 256 g/mol. The van der Waals surface area contributed by atoms with Crippen LogP contribution in [-0.2, 0) is 0 Å². The van der Waals surface area contributed by atoms with Gasteiger partial charge in [0.25, 0.3) is 0 Å². The summed E-state index contributed by atoms with van der Waals surface area (Å²) in [5.74, 6) is 1.65. The van der Waals surface area contributed by atoms with E-state index in [1.54, 1.807) is 0 Å². The number of benzene rings is 1. The Balaban J connectivity index is 2.62. The van der Waals surface area contributed by atoms with Crippen molar-refractivity contribution in [2.45, 2.75) is 52.5 Å². The van der Waals surface area contributed by atoms with Crippen LogP contribution in [0.3, 0.4) is 0 Å². The van der Waals surface area contributed by atoms with E-state index < -0.39 is 0 Å². The summed E-state index contributed by atoms with van der Waals surface area (Å²) < 4.78 is 2.32. The molecule has 2 aromatic rings. The van der Waals surface area contributed by atoms with Crippen LogP contribution < -0.4 is 0 Å². The van der Waals surface area contributed by atoms with Crippen LogP contribution in [0.2, 0.25) is 0 Å². The van der Waals surface area contributed by atoms with Gasteiger partial charge in [-0.1, -0.05) is 26.0 Å². The lowest BCUT2D eigenvalue weighted by Gasteiger charge is -2.20. The maximum atomic E-state index is 6.33. The van der Waals surface area contributed by atoms with Gasteiger partial charge in [-0.25, -0.2) is 4.98 Å². The van der Waals surface area contributed by atoms with E-state index in [4.69, 9.17) is 16.6 Å². The Morgan fingerprint density at radius 3 is 2.47 bits per heavy atom. The molecule has 3 heteroatoms. The molecule has 0 N–H and O–H groups in total. The molecule has 104 valence electrons. The molecule has 2 rings (SSSR count). The van der Waals surface area contributed by atoms with Gasteiger partial charge in [-0.05, 0) is 44.7 Å². The highest BCUT2D eigenvalue weighted by molar-refractivity contribution is 6.20. The first-order valence-electron chi connectivity index (χ1n) is 7.03. The molecule has 2 unspecified atom stereocenters. The highest BCUT2D eigenvalue weighted by atomic mass is 35.5. The first-order chi connectivity index (χ1) is 8.91. The van der Waals surface area contributed by atoms with Crippen molar-refractivity contribution in [3.8, 4) is 0 Å². The lowest BCUT2D eigenvalue weighted by Crippen LogP contribution is -2.12. The topological polar surface area (TPSA) is 17.8 Å². The van der Waals surface area contributed by atoms with Crippen LogP contribution in [0.5, 0.6) is 0 Å². The normalized spacial score (nSPS) is 15.1. The molecule has 2 nitrogen and oxygen atoms in total. The van der Waals surface area contributed by atoms with E-state index in [2.05, 4.69) is 50.5 Å². The highest BCUT2D eigenvalue weighted by Crippen LogP contribution is 2.31. The number of alkyl halides is 1. The molecule has 1 heterocycles. The molecule has 0 bridgehead atoms. The fraction of sp³-hybridized carbons (Fsp3) is 0.562. The van der Waals surface area contributed by atoms with Gasteiger partial charge < -0.3 is 4.57 Å². The predicted molar refractivity (Wildman–Crippen MR) is 82.9 cm³/mol. The summed E-state index contributed by atoms with van der Waals surface area (Å²) in [6, 6.07) is 6.77. The van der Waals surface area contributed by atoms with Gasteiger partial charge in [-0.3, -0.25) is 0 Å². The summed E-state index contributed by atoms with van der Waals surface area (Å²) in [4.78, 5) is 4.77. The number of imidazole rings is 1. The summed E-state index contributed by atoms with van der Waals surface area (Å²) in [7, 11) is 0. The Labute approximate surface area is 120 Å². The Morgan fingerprint density at radius 2 is 1.89 bits per heavy atom. The van der Waals surface area contributed by atoms with Crippen LogP contribution in [0.1, 0.15) is 56.9 Å². The predicted octanol–water partition coefficient (Wildman–Crippen LogP) is 5.25. The number of hydrogen-bond donors (Lipinski definition) is 0. The maximum Gasteiger partial charge on any atom is 0.127 e. The van der Waals surface area contributed by atoms with Crippen LogP contribution in [0.15, 0.2) is 18.2 Å². The second-order valence-corrected chi connectivity index (χ2v) is 6.53. The van der Waals surface area contributed by atoms with Crippen molar-refractivity contribution in [1.29, 1.82) is 0 Å². The molecule has 0 aliphatic heterocycles. The van der Waals surface area contributed by atoms with Gasteiger partial charge in [-0.15, -0.1) is 11.6 Å². The van der Waals surface area contributed by atoms with E-state index in [9.17, 15) is 0 Å². The fourth-order valence-electron chi connectivity index (χ4n) is 2.81. The average Bonchev–Trinajstić information content (AvgIpc) is 2.69. The van der Waals surface area contributed by atoms with Crippen molar-refractivity contribution in [3.63, 3.8) is 0 Å². The standard InChI is InChI=1S/C16H23ClN2/c1-10(2)9-12(4)19-14-8-6-7-11(3)15(14)18-16(19)13(5)17/h6-8,10,12-13H,9H2,1-5H3. The Bertz CT molecular complexity index is 569. The molecule has 0 amide bonds. The minimum atomic E-state index is -0.0681. The number of rotatable bonds is 4. The summed E-state index contributed by atoms with van der Waals surface area (Å²) in [5, 5.41) is -0.0681. The van der Waals surface area contributed by atoms with E-state index in [0.717, 1.165) is 17.8 Å². The fourth-order valence-corrected chi connectivity index (χ4v) is 2.96. The average molecular weight is 279 g/mol. The summed E-state index contributed by atoms with van der Waals surface area (Å²) >= 11 is 6.33. The molecule has 0 saturated carbocycles. The van der Waals surface area contributed by atoms with Gasteiger partial charge in [0.15, 0.2) is 0 Å². The van der Waals surface area contributed by atoms with Crippen LogP contribution in [0.25, 0.3) is 11.0 Å². The molecular formula is C16H23ClN2.